The van der Waals surface area contributed by atoms with E-state index in [1.165, 1.54) is 31.3 Å². The van der Waals surface area contributed by atoms with Gasteiger partial charge < -0.3 is 10.8 Å². The van der Waals surface area contributed by atoms with Crippen LogP contribution in [0.15, 0.2) is 29.1 Å². The first-order chi connectivity index (χ1) is 9.40. The fourth-order valence-corrected chi connectivity index (χ4v) is 1.75. The van der Waals surface area contributed by atoms with Gasteiger partial charge in [0.1, 0.15) is 11.6 Å². The summed E-state index contributed by atoms with van der Waals surface area (Å²) in [5.74, 6) is -1.89. The smallest absolute Gasteiger partial charge is 0.296 e. The maximum atomic E-state index is 12.8. The molecule has 104 valence electrons. The number of rotatable bonds is 3. The molecule has 0 saturated heterocycles. The number of hydrogen-bond acceptors (Lipinski definition) is 4. The number of aromatic hydroxyl groups is 1. The van der Waals surface area contributed by atoms with Gasteiger partial charge in [0.05, 0.1) is 0 Å². The number of primary amides is 1. The van der Waals surface area contributed by atoms with Crippen LogP contribution in [0.25, 0.3) is 0 Å². The van der Waals surface area contributed by atoms with Crippen molar-refractivity contribution in [3.8, 4) is 5.75 Å². The van der Waals surface area contributed by atoms with Gasteiger partial charge in [-0.25, -0.2) is 9.37 Å². The summed E-state index contributed by atoms with van der Waals surface area (Å²) in [6.07, 6.45) is 0.201. The number of nitrogens with zero attached hydrogens (tertiary/aromatic N) is 2. The maximum absolute atomic E-state index is 12.8. The Bertz CT molecular complexity index is 723. The lowest BCUT2D eigenvalue weighted by atomic mass is 10.1. The van der Waals surface area contributed by atoms with Crippen LogP contribution >= 0.6 is 0 Å². The van der Waals surface area contributed by atoms with E-state index in [9.17, 15) is 19.1 Å². The molecule has 1 aromatic heterocycles. The molecule has 2 rings (SSSR count). The van der Waals surface area contributed by atoms with E-state index < -0.39 is 22.9 Å². The van der Waals surface area contributed by atoms with Crippen molar-refractivity contribution < 1.29 is 14.3 Å². The zero-order chi connectivity index (χ0) is 14.9. The Morgan fingerprint density at radius 3 is 2.55 bits per heavy atom. The lowest BCUT2D eigenvalue weighted by Crippen LogP contribution is -2.27. The van der Waals surface area contributed by atoms with Crippen molar-refractivity contribution in [2.24, 2.45) is 12.8 Å². The third kappa shape index (κ3) is 2.51. The van der Waals surface area contributed by atoms with Crippen LogP contribution in [-0.2, 0) is 13.5 Å². The molecule has 0 spiro atoms. The fraction of sp³-hybridized carbons (Fsp3) is 0.154. The summed E-state index contributed by atoms with van der Waals surface area (Å²) in [4.78, 5) is 26.8. The Morgan fingerprint density at radius 1 is 1.40 bits per heavy atom. The first-order valence-corrected chi connectivity index (χ1v) is 5.73. The summed E-state index contributed by atoms with van der Waals surface area (Å²) in [6.45, 7) is 0. The van der Waals surface area contributed by atoms with Crippen molar-refractivity contribution >= 4 is 5.91 Å². The topological polar surface area (TPSA) is 98.2 Å². The van der Waals surface area contributed by atoms with Crippen molar-refractivity contribution in [3.63, 3.8) is 0 Å². The highest BCUT2D eigenvalue weighted by atomic mass is 19.1. The Hall–Kier alpha value is -2.70. The van der Waals surface area contributed by atoms with E-state index in [2.05, 4.69) is 4.98 Å². The molecule has 0 saturated carbocycles. The van der Waals surface area contributed by atoms with Crippen molar-refractivity contribution in [1.29, 1.82) is 0 Å². The van der Waals surface area contributed by atoms with Gasteiger partial charge in [0.2, 0.25) is 5.75 Å². The van der Waals surface area contributed by atoms with Crippen LogP contribution in [0, 0.1) is 5.82 Å². The average Bonchev–Trinajstić information content (AvgIpc) is 2.41. The van der Waals surface area contributed by atoms with E-state index in [1.54, 1.807) is 0 Å². The summed E-state index contributed by atoms with van der Waals surface area (Å²) in [6, 6.07) is 5.64. The van der Waals surface area contributed by atoms with Crippen LogP contribution in [0.4, 0.5) is 4.39 Å². The first kappa shape index (κ1) is 13.7. The SMILES string of the molecule is Cn1c(Cc2ccc(F)cc2)nc(C(N)=O)c(O)c1=O. The van der Waals surface area contributed by atoms with Gasteiger partial charge in [0.15, 0.2) is 5.69 Å². The van der Waals surface area contributed by atoms with Gasteiger partial charge in [-0.1, -0.05) is 12.1 Å². The molecular formula is C13H12FN3O3. The number of nitrogens with two attached hydrogens (primary N) is 1. The van der Waals surface area contributed by atoms with E-state index >= 15 is 0 Å². The Morgan fingerprint density at radius 2 is 2.00 bits per heavy atom. The molecule has 0 aliphatic heterocycles. The minimum atomic E-state index is -0.986. The van der Waals surface area contributed by atoms with Crippen LogP contribution in [0.5, 0.6) is 5.75 Å². The van der Waals surface area contributed by atoms with E-state index in [0.717, 1.165) is 4.57 Å². The van der Waals surface area contributed by atoms with E-state index in [-0.39, 0.29) is 18.1 Å². The highest BCUT2D eigenvalue weighted by molar-refractivity contribution is 5.93. The van der Waals surface area contributed by atoms with Crippen LogP contribution in [0.3, 0.4) is 0 Å². The van der Waals surface area contributed by atoms with Crippen molar-refractivity contribution in [3.05, 3.63) is 57.5 Å². The van der Waals surface area contributed by atoms with Crippen molar-refractivity contribution in [2.75, 3.05) is 0 Å². The van der Waals surface area contributed by atoms with Crippen LogP contribution in [0.2, 0.25) is 0 Å². The van der Waals surface area contributed by atoms with Crippen LogP contribution < -0.4 is 11.3 Å². The number of carbonyl (C=O) groups excluding carboxylic acids is 1. The Balaban J connectivity index is 2.49. The Kier molecular flexibility index (Phi) is 3.51. The van der Waals surface area contributed by atoms with Crippen LogP contribution in [0.1, 0.15) is 21.9 Å². The summed E-state index contributed by atoms with van der Waals surface area (Å²) in [5, 5.41) is 9.53. The molecule has 0 bridgehead atoms. The number of aromatic nitrogens is 2. The summed E-state index contributed by atoms with van der Waals surface area (Å²) >= 11 is 0. The van der Waals surface area contributed by atoms with Crippen molar-refractivity contribution in [1.82, 2.24) is 9.55 Å². The number of hydrogen-bond donors (Lipinski definition) is 2. The molecule has 6 nitrogen and oxygen atoms in total. The molecule has 0 unspecified atom stereocenters. The summed E-state index contributed by atoms with van der Waals surface area (Å²) in [5.41, 5.74) is 4.53. The second kappa shape index (κ2) is 5.12. The van der Waals surface area contributed by atoms with Gasteiger partial charge in [-0.15, -0.1) is 0 Å². The van der Waals surface area contributed by atoms with Crippen LogP contribution in [-0.4, -0.2) is 20.6 Å². The fourth-order valence-electron chi connectivity index (χ4n) is 1.75. The molecule has 7 heteroatoms. The molecule has 1 aromatic carbocycles. The molecule has 20 heavy (non-hydrogen) atoms. The van der Waals surface area contributed by atoms with E-state index in [0.29, 0.717) is 5.56 Å². The number of carbonyl (C=O) groups is 1. The van der Waals surface area contributed by atoms with E-state index in [1.807, 2.05) is 0 Å². The highest BCUT2D eigenvalue weighted by Gasteiger charge is 2.17. The lowest BCUT2D eigenvalue weighted by Gasteiger charge is -2.10. The van der Waals surface area contributed by atoms with Crippen molar-refractivity contribution in [2.45, 2.75) is 6.42 Å². The van der Waals surface area contributed by atoms with Gasteiger partial charge >= 0.3 is 0 Å². The number of amides is 1. The predicted molar refractivity (Wildman–Crippen MR) is 68.9 cm³/mol. The standard InChI is InChI=1S/C13H12FN3O3/c1-17-9(6-7-2-4-8(14)5-3-7)16-10(12(15)19)11(18)13(17)20/h2-5,18H,6H2,1H3,(H2,15,19). The molecule has 0 aliphatic rings. The minimum absolute atomic E-state index is 0.201. The molecule has 1 amide bonds. The molecule has 3 N–H and O–H groups in total. The summed E-state index contributed by atoms with van der Waals surface area (Å²) in [7, 11) is 1.42. The predicted octanol–water partition coefficient (Wildman–Crippen LogP) is 0.315. The molecular weight excluding hydrogens is 265 g/mol. The zero-order valence-corrected chi connectivity index (χ0v) is 10.6. The van der Waals surface area contributed by atoms with Gasteiger partial charge in [-0.3, -0.25) is 14.2 Å². The largest absolute Gasteiger partial charge is 0.501 e. The van der Waals surface area contributed by atoms with E-state index in [4.69, 9.17) is 5.73 Å². The summed E-state index contributed by atoms with van der Waals surface area (Å²) < 4.78 is 13.9. The highest BCUT2D eigenvalue weighted by Crippen LogP contribution is 2.12. The zero-order valence-electron chi connectivity index (χ0n) is 10.6. The molecule has 0 fully saturated rings. The molecule has 2 aromatic rings. The third-order valence-electron chi connectivity index (χ3n) is 2.87. The monoisotopic (exact) mass is 277 g/mol. The van der Waals surface area contributed by atoms with Gasteiger partial charge in [-0.2, -0.15) is 0 Å². The molecule has 0 radical (unpaired) electrons. The maximum Gasteiger partial charge on any atom is 0.296 e. The Labute approximate surface area is 113 Å². The van der Waals surface area contributed by atoms with Gasteiger partial charge in [0.25, 0.3) is 11.5 Å². The van der Waals surface area contributed by atoms with Gasteiger partial charge in [-0.05, 0) is 17.7 Å². The quantitative estimate of drug-likeness (QED) is 0.843. The third-order valence-corrected chi connectivity index (χ3v) is 2.87. The average molecular weight is 277 g/mol. The first-order valence-electron chi connectivity index (χ1n) is 5.73. The number of halogens is 1. The molecule has 0 aliphatic carbocycles. The molecule has 0 atom stereocenters. The number of benzene rings is 1. The minimum Gasteiger partial charge on any atom is -0.501 e. The second-order valence-corrected chi connectivity index (χ2v) is 4.26. The normalized spacial score (nSPS) is 10.5. The lowest BCUT2D eigenvalue weighted by molar-refractivity contribution is 0.0991. The molecule has 1 heterocycles. The van der Waals surface area contributed by atoms with Gasteiger partial charge in [0, 0.05) is 13.5 Å². The second-order valence-electron chi connectivity index (χ2n) is 4.26.